The van der Waals surface area contributed by atoms with Crippen LogP contribution < -0.4 is 18.9 Å². The number of benzene rings is 4. The van der Waals surface area contributed by atoms with Gasteiger partial charge >= 0.3 is 0 Å². The monoisotopic (exact) mass is 659 g/mol. The first-order chi connectivity index (χ1) is 23.2. The van der Waals surface area contributed by atoms with Gasteiger partial charge in [0.1, 0.15) is 29.1 Å². The molecule has 0 spiro atoms. The van der Waals surface area contributed by atoms with Crippen molar-refractivity contribution in [1.82, 2.24) is 9.80 Å². The van der Waals surface area contributed by atoms with Crippen LogP contribution in [0.1, 0.15) is 43.3 Å². The summed E-state index contributed by atoms with van der Waals surface area (Å²) in [5.74, 6) is 2.81. The van der Waals surface area contributed by atoms with E-state index in [2.05, 4.69) is 146 Å². The van der Waals surface area contributed by atoms with E-state index in [1.54, 1.807) is 25.6 Å². The summed E-state index contributed by atoms with van der Waals surface area (Å²) in [6.07, 6.45) is 6.02. The molecule has 6 rings (SSSR count). The number of aromatic nitrogens is 1. The molecule has 0 aliphatic carbocycles. The number of nitrogens with zero attached hydrogens (tertiary/aromatic N) is 4. The molecule has 5 aromatic rings. The molecule has 2 heterocycles. The quantitative estimate of drug-likeness (QED) is 0.105. The van der Waals surface area contributed by atoms with Gasteiger partial charge in [-0.1, -0.05) is 72.9 Å². The summed E-state index contributed by atoms with van der Waals surface area (Å²) < 4.78 is 15.0. The Kier molecular flexibility index (Phi) is 9.90. The second kappa shape index (κ2) is 14.3. The van der Waals surface area contributed by atoms with Gasteiger partial charge in [0.25, 0.3) is 5.01 Å². The van der Waals surface area contributed by atoms with Crippen LogP contribution >= 0.6 is 11.3 Å². The van der Waals surface area contributed by atoms with Gasteiger partial charge in [-0.2, -0.15) is 4.57 Å². The van der Waals surface area contributed by atoms with Crippen LogP contribution in [0, 0.1) is 0 Å². The van der Waals surface area contributed by atoms with Gasteiger partial charge in [0.2, 0.25) is 5.52 Å². The first-order valence-corrected chi connectivity index (χ1v) is 17.5. The lowest BCUT2D eigenvalue weighted by Gasteiger charge is -2.47. The van der Waals surface area contributed by atoms with E-state index < -0.39 is 0 Å². The fourth-order valence-electron chi connectivity index (χ4n) is 6.93. The maximum Gasteiger partial charge on any atom is 0.263 e. The predicted molar refractivity (Wildman–Crippen MR) is 201 cm³/mol. The third-order valence-electron chi connectivity index (χ3n) is 9.22. The van der Waals surface area contributed by atoms with Crippen molar-refractivity contribution in [2.75, 3.05) is 33.2 Å². The third-order valence-corrected chi connectivity index (χ3v) is 10.4. The van der Waals surface area contributed by atoms with Crippen molar-refractivity contribution in [3.8, 4) is 22.6 Å². The zero-order chi connectivity index (χ0) is 33.9. The van der Waals surface area contributed by atoms with Crippen molar-refractivity contribution in [3.63, 3.8) is 0 Å². The Hall–Kier alpha value is -4.59. The molecule has 1 aliphatic heterocycles. The minimum atomic E-state index is 0.242. The van der Waals surface area contributed by atoms with Gasteiger partial charge in [-0.15, -0.1) is 0 Å². The van der Waals surface area contributed by atoms with Crippen LogP contribution in [0.3, 0.4) is 0 Å². The highest BCUT2D eigenvalue weighted by molar-refractivity contribution is 7.19. The van der Waals surface area contributed by atoms with Crippen LogP contribution in [-0.4, -0.2) is 50.3 Å². The SMILES string of the molecule is CCC(N(C)C)N(C1=CC(=Cc2sc3cc(-c4c(OC)cccc4OC)ccc3[n+]2C)c2ccccc2N1Cc1ccccc1)C(C)C. The van der Waals surface area contributed by atoms with Crippen molar-refractivity contribution in [1.29, 1.82) is 0 Å². The zero-order valence-electron chi connectivity index (χ0n) is 29.4. The topological polar surface area (TPSA) is 32.1 Å². The number of para-hydroxylation sites is 1. The molecule has 0 saturated heterocycles. The Morgan fingerprint density at radius 2 is 1.56 bits per heavy atom. The maximum atomic E-state index is 5.74. The van der Waals surface area contributed by atoms with Gasteiger partial charge in [0.15, 0.2) is 0 Å². The van der Waals surface area contributed by atoms with Gasteiger partial charge in [0, 0.05) is 30.3 Å². The van der Waals surface area contributed by atoms with Crippen LogP contribution in [0.25, 0.3) is 33.0 Å². The first kappa shape index (κ1) is 33.3. The largest absolute Gasteiger partial charge is 0.496 e. The molecular formula is C41H47N4O2S+. The summed E-state index contributed by atoms with van der Waals surface area (Å²) in [4.78, 5) is 7.43. The number of thiazole rings is 1. The Labute approximate surface area is 289 Å². The van der Waals surface area contributed by atoms with Crippen molar-refractivity contribution in [2.24, 2.45) is 7.05 Å². The van der Waals surface area contributed by atoms with E-state index in [9.17, 15) is 0 Å². The molecule has 0 fully saturated rings. The Morgan fingerprint density at radius 1 is 0.875 bits per heavy atom. The van der Waals surface area contributed by atoms with Gasteiger partial charge in [-0.3, -0.25) is 4.90 Å². The van der Waals surface area contributed by atoms with Crippen LogP contribution in [0.15, 0.2) is 103 Å². The highest BCUT2D eigenvalue weighted by Crippen LogP contribution is 2.42. The second-order valence-corrected chi connectivity index (χ2v) is 13.8. The molecule has 0 bridgehead atoms. The van der Waals surface area contributed by atoms with Gasteiger partial charge in [0.05, 0.1) is 31.6 Å². The third kappa shape index (κ3) is 6.32. The first-order valence-electron chi connectivity index (χ1n) is 16.7. The number of hydrogen-bond acceptors (Lipinski definition) is 6. The Balaban J connectivity index is 1.52. The molecule has 7 heteroatoms. The number of aryl methyl sites for hydroxylation is 1. The molecule has 1 atom stereocenters. The smallest absolute Gasteiger partial charge is 0.263 e. The molecule has 1 aromatic heterocycles. The van der Waals surface area contributed by atoms with Crippen LogP contribution in [0.4, 0.5) is 5.69 Å². The number of fused-ring (bicyclic) bond motifs is 2. The van der Waals surface area contributed by atoms with Crippen molar-refractivity contribution >= 4 is 38.9 Å². The van der Waals surface area contributed by atoms with Crippen molar-refractivity contribution in [2.45, 2.75) is 45.9 Å². The van der Waals surface area contributed by atoms with Gasteiger partial charge < -0.3 is 19.3 Å². The Morgan fingerprint density at radius 3 is 2.21 bits per heavy atom. The van der Waals surface area contributed by atoms with Gasteiger partial charge in [-0.25, -0.2) is 0 Å². The number of ether oxygens (including phenoxy) is 2. The molecule has 0 amide bonds. The Bertz CT molecular complexity index is 1940. The molecular weight excluding hydrogens is 613 g/mol. The number of methoxy groups -OCH3 is 2. The van der Waals surface area contributed by atoms with Crippen LogP contribution in [-0.2, 0) is 13.6 Å². The highest BCUT2D eigenvalue weighted by Gasteiger charge is 2.33. The molecule has 1 unspecified atom stereocenters. The maximum absolute atomic E-state index is 5.74. The van der Waals surface area contributed by atoms with E-state index >= 15 is 0 Å². The van der Waals surface area contributed by atoms with Crippen molar-refractivity contribution in [3.05, 3.63) is 119 Å². The normalized spacial score (nSPS) is 14.4. The summed E-state index contributed by atoms with van der Waals surface area (Å²) >= 11 is 1.80. The van der Waals surface area contributed by atoms with E-state index in [-0.39, 0.29) is 6.17 Å². The molecule has 48 heavy (non-hydrogen) atoms. The molecule has 0 radical (unpaired) electrons. The van der Waals surface area contributed by atoms with Gasteiger partial charge in [-0.05, 0) is 87.5 Å². The minimum absolute atomic E-state index is 0.242. The molecule has 1 aliphatic rings. The lowest BCUT2D eigenvalue weighted by molar-refractivity contribution is -0.642. The second-order valence-electron chi connectivity index (χ2n) is 12.8. The molecule has 0 saturated carbocycles. The highest BCUT2D eigenvalue weighted by atomic mass is 32.1. The van der Waals surface area contributed by atoms with Crippen LogP contribution in [0.2, 0.25) is 0 Å². The summed E-state index contributed by atoms with van der Waals surface area (Å²) in [5.41, 5.74) is 8.16. The van der Waals surface area contributed by atoms with Crippen LogP contribution in [0.5, 0.6) is 11.5 Å². The number of anilines is 1. The molecule has 248 valence electrons. The summed E-state index contributed by atoms with van der Waals surface area (Å²) in [5, 5.41) is 1.18. The standard InChI is InChI=1S/C41H47N4O2S/c1-9-38(42(4)5)45(28(2)3)39-25-31(32-18-13-14-19-33(32)44(39)27-29-16-11-10-12-17-29)26-40-43(6)34-23-22-30(24-37(34)48-40)41-35(46-7)20-15-21-36(41)47-8/h10-26,28,38H,9,27H2,1-8H3/q+1. The summed E-state index contributed by atoms with van der Waals surface area (Å²) in [6, 6.07) is 32.5. The zero-order valence-corrected chi connectivity index (χ0v) is 30.2. The summed E-state index contributed by atoms with van der Waals surface area (Å²) in [7, 11) is 9.95. The fourth-order valence-corrected chi connectivity index (χ4v) is 8.07. The van der Waals surface area contributed by atoms with E-state index in [1.807, 2.05) is 18.2 Å². The number of hydrogen-bond donors (Lipinski definition) is 0. The van der Waals surface area contributed by atoms with Crippen molar-refractivity contribution < 1.29 is 14.0 Å². The predicted octanol–water partition coefficient (Wildman–Crippen LogP) is 8.82. The number of rotatable bonds is 11. The minimum Gasteiger partial charge on any atom is -0.496 e. The lowest BCUT2D eigenvalue weighted by atomic mass is 9.97. The van der Waals surface area contributed by atoms with E-state index in [0.717, 1.165) is 35.6 Å². The lowest BCUT2D eigenvalue weighted by Crippen LogP contribution is -2.51. The molecule has 6 nitrogen and oxygen atoms in total. The average molecular weight is 660 g/mol. The fraction of sp³-hybridized carbons (Fsp3) is 0.293. The van der Waals surface area contributed by atoms with E-state index in [1.165, 1.54) is 43.4 Å². The summed E-state index contributed by atoms with van der Waals surface area (Å²) in [6.45, 7) is 7.67. The van der Waals surface area contributed by atoms with E-state index in [0.29, 0.717) is 6.04 Å². The number of allylic oxidation sites excluding steroid dienone is 2. The average Bonchev–Trinajstić information content (AvgIpc) is 3.41. The molecule has 4 aromatic carbocycles. The molecule has 0 N–H and O–H groups in total. The van der Waals surface area contributed by atoms with E-state index in [4.69, 9.17) is 9.47 Å².